The van der Waals surface area contributed by atoms with Crippen LogP contribution in [0.5, 0.6) is 0 Å². The number of rotatable bonds is 9. The van der Waals surface area contributed by atoms with Crippen LogP contribution in [-0.2, 0) is 33.2 Å². The number of fused-ring (bicyclic) bond motifs is 7. The summed E-state index contributed by atoms with van der Waals surface area (Å²) in [5.41, 5.74) is 9.40. The minimum atomic E-state index is -1.02. The van der Waals surface area contributed by atoms with Gasteiger partial charge in [-0.2, -0.15) is 9.15 Å². The SMILES string of the molecule is CCN1C(=CC2=C([O-])C(C=C3N(C)c4ccc(COO)cc4C3(C)C)=C2[O-])C(C)(C)c2ccc3c4c(ccc3c21)C(C)(C)C(C=c1c(=O)c(=CC2=[N+](C)c3ccc(C(=O)O)cc3C2(C)C)c1=O)=[N+]4CC. The Balaban J connectivity index is 1.02. The molecule has 0 unspecified atom stereocenters. The average Bonchev–Trinajstić information content (AvgIpc) is 3.84. The van der Waals surface area contributed by atoms with Gasteiger partial charge in [0.05, 0.1) is 37.9 Å². The maximum atomic E-state index is 14.1. The quantitative estimate of drug-likeness (QED) is 0.101. The summed E-state index contributed by atoms with van der Waals surface area (Å²) in [5.74, 6) is -1.60. The fourth-order valence-corrected chi connectivity index (χ4v) is 12.2. The van der Waals surface area contributed by atoms with Crippen molar-refractivity contribution in [3.63, 3.8) is 0 Å². The lowest BCUT2D eigenvalue weighted by Crippen LogP contribution is -2.65. The molecular weight excluding hydrogens is 881 g/mol. The van der Waals surface area contributed by atoms with Crippen LogP contribution in [-0.4, -0.2) is 64.1 Å². The van der Waals surface area contributed by atoms with Gasteiger partial charge in [0.1, 0.15) is 20.2 Å². The number of carboxylic acid groups (broad SMARTS) is 1. The van der Waals surface area contributed by atoms with E-state index in [0.29, 0.717) is 13.1 Å². The minimum absolute atomic E-state index is 0.0525. The van der Waals surface area contributed by atoms with Gasteiger partial charge in [0.2, 0.25) is 22.2 Å². The molecule has 10 rings (SSSR count). The van der Waals surface area contributed by atoms with Gasteiger partial charge in [-0.15, -0.1) is 0 Å². The van der Waals surface area contributed by atoms with Gasteiger partial charge in [0, 0.05) is 76.2 Å². The molecule has 4 aliphatic heterocycles. The zero-order valence-corrected chi connectivity index (χ0v) is 41.8. The van der Waals surface area contributed by atoms with E-state index in [4.69, 9.17) is 5.26 Å². The summed E-state index contributed by atoms with van der Waals surface area (Å²) < 4.78 is 4.13. The Labute approximate surface area is 406 Å². The fraction of sp³-hybridized carbons (Fsp3) is 0.328. The molecular formula is C58H58N4O8. The van der Waals surface area contributed by atoms with Gasteiger partial charge in [-0.25, -0.2) is 9.68 Å². The summed E-state index contributed by atoms with van der Waals surface area (Å²) in [7, 11) is 3.79. The molecule has 12 heteroatoms. The van der Waals surface area contributed by atoms with Crippen molar-refractivity contribution in [3.05, 3.63) is 171 Å². The number of hydrogen-bond donors (Lipinski definition) is 2. The molecule has 0 amide bonds. The third-order valence-corrected chi connectivity index (χ3v) is 16.2. The molecule has 12 nitrogen and oxygen atoms in total. The summed E-state index contributed by atoms with van der Waals surface area (Å²) in [6.45, 7) is 21.9. The number of carbonyl (C=O) groups is 1. The van der Waals surface area contributed by atoms with Crippen LogP contribution >= 0.6 is 0 Å². The van der Waals surface area contributed by atoms with E-state index in [2.05, 4.69) is 94.0 Å². The molecule has 0 saturated carbocycles. The van der Waals surface area contributed by atoms with Gasteiger partial charge in [0.15, 0.2) is 11.4 Å². The van der Waals surface area contributed by atoms with Crippen molar-refractivity contribution in [3.8, 4) is 0 Å². The molecule has 5 aliphatic rings. The summed E-state index contributed by atoms with van der Waals surface area (Å²) in [5, 5.41) is 49.1. The molecule has 0 atom stereocenters. The average molecular weight is 939 g/mol. The molecule has 1 aliphatic carbocycles. The molecule has 5 aromatic carbocycles. The highest BCUT2D eigenvalue weighted by molar-refractivity contribution is 6.19. The predicted molar refractivity (Wildman–Crippen MR) is 271 cm³/mol. The van der Waals surface area contributed by atoms with Crippen molar-refractivity contribution in [1.82, 2.24) is 0 Å². The van der Waals surface area contributed by atoms with Crippen molar-refractivity contribution in [1.29, 1.82) is 0 Å². The third kappa shape index (κ3) is 6.18. The van der Waals surface area contributed by atoms with E-state index in [1.807, 2.05) is 55.6 Å². The highest BCUT2D eigenvalue weighted by Gasteiger charge is 2.48. The summed E-state index contributed by atoms with van der Waals surface area (Å²) in [6.07, 6.45) is 6.97. The second-order valence-corrected chi connectivity index (χ2v) is 21.4. The Morgan fingerprint density at radius 2 is 1.29 bits per heavy atom. The Kier molecular flexibility index (Phi) is 10.3. The van der Waals surface area contributed by atoms with Crippen LogP contribution in [0.1, 0.15) is 107 Å². The number of carboxylic acids is 1. The maximum Gasteiger partial charge on any atom is 0.335 e. The Bertz CT molecular complexity index is 3630. The fourth-order valence-electron chi connectivity index (χ4n) is 12.2. The number of allylic oxidation sites excluding steroid dienone is 4. The van der Waals surface area contributed by atoms with Gasteiger partial charge >= 0.3 is 5.97 Å². The number of likely N-dealkylation sites (N-methyl/N-ethyl adjacent to an activating group) is 2. The predicted octanol–water partition coefficient (Wildman–Crippen LogP) is 6.04. The number of anilines is 2. The van der Waals surface area contributed by atoms with Crippen LogP contribution in [0, 0.1) is 0 Å². The molecule has 4 heterocycles. The lowest BCUT2D eigenvalue weighted by molar-refractivity contribution is -0.430. The standard InChI is InChI=1S/C58H58N4O8/c1-13-61-46(27-36-50(63)34(51(36)64)25-44-57(7,8)40-23-30(29-70-69)15-21-42(40)59(44)11)55(3,4)38-19-17-33-32(48(38)61)18-20-39-49(33)62(14-2)47(56(39,5)6)28-37-52(65)35(53(37)66)26-45-58(9,10)41-24-31(54(67)68)16-22-43(41)60(45)12/h15-28H,13-14,29H2,1-12H3,(H2-2,63,64,67,68,69). The maximum absolute atomic E-state index is 14.1. The highest BCUT2D eigenvalue weighted by Crippen LogP contribution is 2.55. The monoisotopic (exact) mass is 938 g/mol. The third-order valence-electron chi connectivity index (χ3n) is 16.2. The van der Waals surface area contributed by atoms with Crippen molar-refractivity contribution < 1.29 is 39.4 Å². The smallest absolute Gasteiger partial charge is 0.335 e. The Hall–Kier alpha value is -7.15. The van der Waals surface area contributed by atoms with E-state index in [0.717, 1.165) is 84.2 Å². The van der Waals surface area contributed by atoms with E-state index < -0.39 is 27.6 Å². The molecule has 5 aromatic rings. The van der Waals surface area contributed by atoms with E-state index >= 15 is 0 Å². The first-order valence-electron chi connectivity index (χ1n) is 23.9. The number of aromatic carboxylic acids is 1. The van der Waals surface area contributed by atoms with E-state index in [-0.39, 0.29) is 56.1 Å². The molecule has 2 N–H and O–H groups in total. The molecule has 0 radical (unpaired) electrons. The molecule has 0 saturated heterocycles. The number of nitrogens with zero attached hydrogens (tertiary/aromatic N) is 4. The van der Waals surface area contributed by atoms with Crippen molar-refractivity contribution in [2.24, 2.45) is 0 Å². The first kappa shape index (κ1) is 46.6. The van der Waals surface area contributed by atoms with E-state index in [9.17, 15) is 29.7 Å². The lowest BCUT2D eigenvalue weighted by atomic mass is 9.79. The molecule has 70 heavy (non-hydrogen) atoms. The summed E-state index contributed by atoms with van der Waals surface area (Å²) in [4.78, 5) is 48.5. The largest absolute Gasteiger partial charge is 0.872 e. The second kappa shape index (κ2) is 15.4. The zero-order chi connectivity index (χ0) is 50.5. The highest BCUT2D eigenvalue weighted by atomic mass is 17.1. The van der Waals surface area contributed by atoms with Crippen molar-refractivity contribution >= 4 is 63.1 Å². The molecule has 0 bridgehead atoms. The van der Waals surface area contributed by atoms with Crippen LogP contribution in [0.15, 0.2) is 116 Å². The topological polar surface area (TPSA) is 160 Å². The molecule has 0 fully saturated rings. The van der Waals surface area contributed by atoms with Gasteiger partial charge in [0.25, 0.3) is 0 Å². The van der Waals surface area contributed by atoms with Crippen molar-refractivity contribution in [2.75, 3.05) is 37.0 Å². The number of benzene rings is 4. The first-order valence-corrected chi connectivity index (χ1v) is 23.9. The van der Waals surface area contributed by atoms with Crippen LogP contribution in [0.3, 0.4) is 0 Å². The van der Waals surface area contributed by atoms with Crippen LogP contribution in [0.2, 0.25) is 0 Å². The summed E-state index contributed by atoms with van der Waals surface area (Å²) in [6, 6.07) is 19.4. The molecule has 0 aromatic heterocycles. The first-order chi connectivity index (χ1) is 32.9. The minimum Gasteiger partial charge on any atom is -0.872 e. The summed E-state index contributed by atoms with van der Waals surface area (Å²) >= 11 is 0. The normalized spacial score (nSPS) is 20.3. The van der Waals surface area contributed by atoms with Gasteiger partial charge in [-0.05, 0) is 106 Å². The molecule has 358 valence electrons. The van der Waals surface area contributed by atoms with Crippen LogP contribution in [0.25, 0.3) is 22.9 Å². The Morgan fingerprint density at radius 3 is 1.90 bits per heavy atom. The van der Waals surface area contributed by atoms with Crippen molar-refractivity contribution in [2.45, 2.75) is 97.5 Å². The van der Waals surface area contributed by atoms with E-state index in [1.54, 1.807) is 42.5 Å². The van der Waals surface area contributed by atoms with Crippen LogP contribution in [0.4, 0.5) is 22.7 Å². The van der Waals surface area contributed by atoms with Gasteiger partial charge in [-0.1, -0.05) is 69.5 Å². The van der Waals surface area contributed by atoms with Gasteiger partial charge < -0.3 is 25.1 Å². The van der Waals surface area contributed by atoms with Crippen LogP contribution < -0.4 is 41.3 Å². The van der Waals surface area contributed by atoms with Gasteiger partial charge in [-0.3, -0.25) is 14.8 Å². The second-order valence-electron chi connectivity index (χ2n) is 21.4. The Morgan fingerprint density at radius 1 is 0.700 bits per heavy atom. The zero-order valence-electron chi connectivity index (χ0n) is 41.8. The lowest BCUT2D eigenvalue weighted by Gasteiger charge is -2.39. The number of hydrogen-bond acceptors (Lipinski definition) is 9. The van der Waals surface area contributed by atoms with E-state index in [1.165, 1.54) is 0 Å². The molecule has 0 spiro atoms.